The fraction of sp³-hybridized carbons (Fsp3) is 0.222. The number of halogens is 1. The summed E-state index contributed by atoms with van der Waals surface area (Å²) in [7, 11) is 1.37. The van der Waals surface area contributed by atoms with Gasteiger partial charge in [0.1, 0.15) is 6.54 Å². The molecule has 0 radical (unpaired) electrons. The number of hydrogen-bond donors (Lipinski definition) is 1. The summed E-state index contributed by atoms with van der Waals surface area (Å²) in [6, 6.07) is 7.79. The average molecular weight is 291 g/mol. The van der Waals surface area contributed by atoms with Gasteiger partial charge in [-0.2, -0.15) is 0 Å². The molecular formula is C9H10INO2. The maximum Gasteiger partial charge on any atom is 0.325 e. The van der Waals surface area contributed by atoms with E-state index in [9.17, 15) is 4.79 Å². The van der Waals surface area contributed by atoms with Crippen molar-refractivity contribution in [2.75, 3.05) is 19.0 Å². The van der Waals surface area contributed by atoms with Gasteiger partial charge in [0, 0.05) is 9.26 Å². The van der Waals surface area contributed by atoms with Crippen molar-refractivity contribution in [2.45, 2.75) is 0 Å². The molecule has 0 saturated heterocycles. The number of methoxy groups -OCH3 is 1. The summed E-state index contributed by atoms with van der Waals surface area (Å²) < 4.78 is 5.63. The summed E-state index contributed by atoms with van der Waals surface area (Å²) in [5.74, 6) is -0.265. The maximum atomic E-state index is 10.8. The van der Waals surface area contributed by atoms with Crippen molar-refractivity contribution in [3.05, 3.63) is 27.8 Å². The molecule has 70 valence electrons. The summed E-state index contributed by atoms with van der Waals surface area (Å²) in [5.41, 5.74) is 0.928. The fourth-order valence-corrected chi connectivity index (χ4v) is 1.39. The predicted molar refractivity (Wildman–Crippen MR) is 59.7 cm³/mol. The Kier molecular flexibility index (Phi) is 4.01. The molecule has 0 atom stereocenters. The number of hydrogen-bond acceptors (Lipinski definition) is 3. The summed E-state index contributed by atoms with van der Waals surface area (Å²) >= 11 is 2.22. The first-order valence-corrected chi connectivity index (χ1v) is 4.86. The Morgan fingerprint density at radius 1 is 1.62 bits per heavy atom. The van der Waals surface area contributed by atoms with Gasteiger partial charge in [-0.25, -0.2) is 0 Å². The lowest BCUT2D eigenvalue weighted by atomic mass is 10.3. The van der Waals surface area contributed by atoms with Gasteiger partial charge in [0.25, 0.3) is 0 Å². The van der Waals surface area contributed by atoms with Gasteiger partial charge in [-0.05, 0) is 40.8 Å². The van der Waals surface area contributed by atoms with Crippen molar-refractivity contribution in [1.82, 2.24) is 0 Å². The highest BCUT2D eigenvalue weighted by atomic mass is 127. The molecule has 1 aromatic rings. The minimum atomic E-state index is -0.265. The molecule has 1 rings (SSSR count). The Morgan fingerprint density at radius 2 is 2.38 bits per heavy atom. The molecule has 1 N–H and O–H groups in total. The van der Waals surface area contributed by atoms with E-state index in [2.05, 4.69) is 32.6 Å². The van der Waals surface area contributed by atoms with Crippen molar-refractivity contribution in [1.29, 1.82) is 0 Å². The molecule has 0 amide bonds. The van der Waals surface area contributed by atoms with Crippen LogP contribution in [0, 0.1) is 3.57 Å². The monoisotopic (exact) mass is 291 g/mol. The van der Waals surface area contributed by atoms with Gasteiger partial charge in [0.05, 0.1) is 7.11 Å². The largest absolute Gasteiger partial charge is 0.468 e. The molecule has 0 fully saturated rings. The molecular weight excluding hydrogens is 281 g/mol. The number of carbonyl (C=O) groups is 1. The molecule has 0 aliphatic rings. The standard InChI is InChI=1S/C9H10INO2/c1-13-9(12)6-11-8-4-2-3-7(10)5-8/h2-5,11H,6H2,1H3. The number of benzene rings is 1. The molecule has 1 aromatic carbocycles. The lowest BCUT2D eigenvalue weighted by Crippen LogP contribution is -2.14. The van der Waals surface area contributed by atoms with Gasteiger partial charge in [0.2, 0.25) is 0 Å². The molecule has 13 heavy (non-hydrogen) atoms. The number of anilines is 1. The van der Waals surface area contributed by atoms with Crippen LogP contribution in [0.1, 0.15) is 0 Å². The third-order valence-electron chi connectivity index (χ3n) is 1.49. The van der Waals surface area contributed by atoms with Gasteiger partial charge in [-0.1, -0.05) is 6.07 Å². The van der Waals surface area contributed by atoms with E-state index >= 15 is 0 Å². The normalized spacial score (nSPS) is 9.38. The van der Waals surface area contributed by atoms with Crippen LogP contribution in [-0.4, -0.2) is 19.6 Å². The van der Waals surface area contributed by atoms with Gasteiger partial charge in [0.15, 0.2) is 0 Å². The molecule has 0 spiro atoms. The Balaban J connectivity index is 2.50. The molecule has 0 heterocycles. The molecule has 0 bridgehead atoms. The molecule has 0 aromatic heterocycles. The van der Waals surface area contributed by atoms with Crippen LogP contribution in [-0.2, 0) is 9.53 Å². The lowest BCUT2D eigenvalue weighted by Gasteiger charge is -2.04. The lowest BCUT2D eigenvalue weighted by molar-refractivity contribution is -0.138. The van der Waals surface area contributed by atoms with Gasteiger partial charge in [-0.15, -0.1) is 0 Å². The zero-order chi connectivity index (χ0) is 9.68. The van der Waals surface area contributed by atoms with Crippen LogP contribution in [0.15, 0.2) is 24.3 Å². The minimum Gasteiger partial charge on any atom is -0.468 e. The van der Waals surface area contributed by atoms with Crippen LogP contribution in [0.2, 0.25) is 0 Å². The first-order chi connectivity index (χ1) is 6.22. The average Bonchev–Trinajstić information content (AvgIpc) is 2.14. The summed E-state index contributed by atoms with van der Waals surface area (Å²) in [4.78, 5) is 10.8. The highest BCUT2D eigenvalue weighted by molar-refractivity contribution is 14.1. The van der Waals surface area contributed by atoms with Crippen LogP contribution in [0.5, 0.6) is 0 Å². The Hall–Kier alpha value is -0.780. The van der Waals surface area contributed by atoms with Crippen molar-refractivity contribution < 1.29 is 9.53 Å². The Morgan fingerprint density at radius 3 is 3.00 bits per heavy atom. The molecule has 0 aliphatic heterocycles. The van der Waals surface area contributed by atoms with Gasteiger partial charge < -0.3 is 10.1 Å². The van der Waals surface area contributed by atoms with E-state index in [0.29, 0.717) is 0 Å². The fourth-order valence-electron chi connectivity index (χ4n) is 0.845. The third kappa shape index (κ3) is 3.63. The zero-order valence-corrected chi connectivity index (χ0v) is 9.37. The van der Waals surface area contributed by atoms with Crippen molar-refractivity contribution in [3.8, 4) is 0 Å². The first-order valence-electron chi connectivity index (χ1n) is 3.78. The molecule has 0 unspecified atom stereocenters. The van der Waals surface area contributed by atoms with Crippen LogP contribution < -0.4 is 5.32 Å². The van der Waals surface area contributed by atoms with Crippen molar-refractivity contribution in [2.24, 2.45) is 0 Å². The van der Waals surface area contributed by atoms with Crippen LogP contribution in [0.25, 0.3) is 0 Å². The second-order valence-corrected chi connectivity index (χ2v) is 3.69. The molecule has 0 saturated carbocycles. The zero-order valence-electron chi connectivity index (χ0n) is 7.21. The van der Waals surface area contributed by atoms with Crippen molar-refractivity contribution in [3.63, 3.8) is 0 Å². The number of nitrogens with one attached hydrogen (secondary N) is 1. The van der Waals surface area contributed by atoms with E-state index in [1.807, 2.05) is 24.3 Å². The number of ether oxygens (including phenoxy) is 1. The topological polar surface area (TPSA) is 38.3 Å². The third-order valence-corrected chi connectivity index (χ3v) is 2.16. The van der Waals surface area contributed by atoms with E-state index in [0.717, 1.165) is 9.26 Å². The van der Waals surface area contributed by atoms with Crippen molar-refractivity contribution >= 4 is 34.2 Å². The highest BCUT2D eigenvalue weighted by Gasteiger charge is 1.98. The quantitative estimate of drug-likeness (QED) is 0.682. The van der Waals surface area contributed by atoms with Crippen LogP contribution in [0.3, 0.4) is 0 Å². The van der Waals surface area contributed by atoms with E-state index < -0.39 is 0 Å². The number of esters is 1. The van der Waals surface area contributed by atoms with Gasteiger partial charge >= 0.3 is 5.97 Å². The van der Waals surface area contributed by atoms with Crippen LogP contribution in [0.4, 0.5) is 5.69 Å². The minimum absolute atomic E-state index is 0.205. The smallest absolute Gasteiger partial charge is 0.325 e. The van der Waals surface area contributed by atoms with Crippen LogP contribution >= 0.6 is 22.6 Å². The van der Waals surface area contributed by atoms with E-state index in [-0.39, 0.29) is 12.5 Å². The maximum absolute atomic E-state index is 10.8. The summed E-state index contributed by atoms with van der Waals surface area (Å²) in [6.45, 7) is 0.205. The first kappa shape index (κ1) is 10.3. The van der Waals surface area contributed by atoms with E-state index in [1.54, 1.807) is 0 Å². The van der Waals surface area contributed by atoms with E-state index in [1.165, 1.54) is 7.11 Å². The molecule has 0 aliphatic carbocycles. The second-order valence-electron chi connectivity index (χ2n) is 2.44. The predicted octanol–water partition coefficient (Wildman–Crippen LogP) is 1.88. The Bertz CT molecular complexity index is 301. The van der Waals surface area contributed by atoms with Gasteiger partial charge in [-0.3, -0.25) is 4.79 Å². The molecule has 3 nitrogen and oxygen atoms in total. The number of carbonyl (C=O) groups excluding carboxylic acids is 1. The Labute approximate surface area is 90.6 Å². The number of rotatable bonds is 3. The highest BCUT2D eigenvalue weighted by Crippen LogP contribution is 2.11. The SMILES string of the molecule is COC(=O)CNc1cccc(I)c1. The van der Waals surface area contributed by atoms with E-state index in [4.69, 9.17) is 0 Å². The molecule has 4 heteroatoms. The summed E-state index contributed by atoms with van der Waals surface area (Å²) in [6.07, 6.45) is 0. The summed E-state index contributed by atoms with van der Waals surface area (Å²) in [5, 5.41) is 2.96. The second kappa shape index (κ2) is 5.06.